The van der Waals surface area contributed by atoms with Crippen LogP contribution in [0.1, 0.15) is 70.6 Å². The summed E-state index contributed by atoms with van der Waals surface area (Å²) >= 11 is 0. The normalized spacial score (nSPS) is 13.4. The van der Waals surface area contributed by atoms with Gasteiger partial charge >= 0.3 is 5.97 Å². The number of rotatable bonds is 16. The van der Waals surface area contributed by atoms with Gasteiger partial charge < -0.3 is 15.3 Å². The van der Waals surface area contributed by atoms with Crippen LogP contribution in [0.3, 0.4) is 0 Å². The van der Waals surface area contributed by atoms with Crippen molar-refractivity contribution in [2.75, 3.05) is 6.61 Å². The molecule has 0 aliphatic heterocycles. The van der Waals surface area contributed by atoms with Crippen LogP contribution < -0.4 is 0 Å². The van der Waals surface area contributed by atoms with Gasteiger partial charge in [0.2, 0.25) is 0 Å². The molecule has 0 amide bonds. The quantitative estimate of drug-likeness (QED) is 0.222. The van der Waals surface area contributed by atoms with Crippen molar-refractivity contribution < 1.29 is 20.1 Å². The highest BCUT2D eigenvalue weighted by atomic mass is 16.4. The molecule has 1 unspecified atom stereocenters. The fourth-order valence-corrected chi connectivity index (χ4v) is 2.43. The number of hydrogen-bond acceptors (Lipinski definition) is 3. The molecule has 24 heavy (non-hydrogen) atoms. The van der Waals surface area contributed by atoms with Gasteiger partial charge in [-0.25, -0.2) is 4.79 Å². The molecule has 3 N–H and O–H groups in total. The summed E-state index contributed by atoms with van der Waals surface area (Å²) in [4.78, 5) is 10.2. The number of aliphatic carboxylic acids is 1. The van der Waals surface area contributed by atoms with Crippen molar-refractivity contribution in [3.05, 3.63) is 36.5 Å². The van der Waals surface area contributed by atoms with Crippen molar-refractivity contribution in [2.45, 2.75) is 76.7 Å². The molecular weight excluding hydrogens is 304 g/mol. The topological polar surface area (TPSA) is 77.8 Å². The van der Waals surface area contributed by atoms with E-state index in [4.69, 9.17) is 10.2 Å². The van der Waals surface area contributed by atoms with Crippen molar-refractivity contribution in [2.24, 2.45) is 0 Å². The molecule has 0 bridgehead atoms. The summed E-state index contributed by atoms with van der Waals surface area (Å²) in [6, 6.07) is 0. The van der Waals surface area contributed by atoms with Gasteiger partial charge in [0.25, 0.3) is 0 Å². The van der Waals surface area contributed by atoms with Crippen molar-refractivity contribution in [3.8, 4) is 0 Å². The number of carboxylic acid groups (broad SMARTS) is 1. The first-order valence-corrected chi connectivity index (χ1v) is 9.20. The van der Waals surface area contributed by atoms with Gasteiger partial charge in [0.05, 0.1) is 6.10 Å². The second kappa shape index (κ2) is 18.0. The average molecular weight is 338 g/mol. The average Bonchev–Trinajstić information content (AvgIpc) is 2.55. The zero-order valence-corrected chi connectivity index (χ0v) is 14.8. The lowest BCUT2D eigenvalue weighted by Crippen LogP contribution is -2.01. The Balaban J connectivity index is 3.39. The Morgan fingerprint density at radius 1 is 0.750 bits per heavy atom. The van der Waals surface area contributed by atoms with Gasteiger partial charge in [-0.3, -0.25) is 0 Å². The van der Waals surface area contributed by atoms with Crippen LogP contribution in [0.15, 0.2) is 36.5 Å². The van der Waals surface area contributed by atoms with E-state index in [-0.39, 0.29) is 0 Å². The molecule has 0 aromatic rings. The van der Waals surface area contributed by atoms with Crippen LogP contribution in [0.5, 0.6) is 0 Å². The van der Waals surface area contributed by atoms with Crippen LogP contribution in [0.25, 0.3) is 0 Å². The Morgan fingerprint density at radius 2 is 1.25 bits per heavy atom. The largest absolute Gasteiger partial charge is 0.478 e. The summed E-state index contributed by atoms with van der Waals surface area (Å²) in [7, 11) is 0. The Morgan fingerprint density at radius 3 is 1.79 bits per heavy atom. The van der Waals surface area contributed by atoms with Gasteiger partial charge in [0, 0.05) is 12.7 Å². The molecule has 0 aliphatic rings. The van der Waals surface area contributed by atoms with E-state index in [0.717, 1.165) is 38.2 Å². The molecule has 4 nitrogen and oxygen atoms in total. The third-order valence-electron chi connectivity index (χ3n) is 3.81. The van der Waals surface area contributed by atoms with Gasteiger partial charge in [-0.05, 0) is 12.8 Å². The number of aliphatic hydroxyl groups is 2. The molecular formula is C20H34O4. The standard InChI is InChI=1S/C20H34O4/c21-18-14-10-6-4-2-1-3-5-7-11-15-19(22)16-12-8-9-13-17-20(23)24/h8-9,12-13,16-17,19,21-22H,1-7,10-11,14-15,18H2,(H,23,24). The van der Waals surface area contributed by atoms with Crippen molar-refractivity contribution in [3.63, 3.8) is 0 Å². The monoisotopic (exact) mass is 338 g/mol. The Hall–Kier alpha value is -1.39. The van der Waals surface area contributed by atoms with E-state index in [1.807, 2.05) is 0 Å². The zero-order chi connectivity index (χ0) is 17.9. The summed E-state index contributed by atoms with van der Waals surface area (Å²) in [5.74, 6) is -0.967. The van der Waals surface area contributed by atoms with Gasteiger partial charge in [-0.2, -0.15) is 0 Å². The minimum absolute atomic E-state index is 0.319. The highest BCUT2D eigenvalue weighted by Crippen LogP contribution is 2.12. The number of hydrogen-bond donors (Lipinski definition) is 3. The molecule has 0 rings (SSSR count). The lowest BCUT2D eigenvalue weighted by molar-refractivity contribution is -0.131. The van der Waals surface area contributed by atoms with E-state index in [9.17, 15) is 9.90 Å². The summed E-state index contributed by atoms with van der Waals surface area (Å²) in [6.45, 7) is 0.319. The Labute approximate surface area is 146 Å². The number of unbranched alkanes of at least 4 members (excludes halogenated alkanes) is 9. The highest BCUT2D eigenvalue weighted by Gasteiger charge is 1.98. The van der Waals surface area contributed by atoms with Crippen LogP contribution in [0.2, 0.25) is 0 Å². The summed E-state index contributed by atoms with van der Waals surface area (Å²) in [5.41, 5.74) is 0. The fourth-order valence-electron chi connectivity index (χ4n) is 2.43. The van der Waals surface area contributed by atoms with Gasteiger partial charge in [-0.15, -0.1) is 0 Å². The summed E-state index contributed by atoms with van der Waals surface area (Å²) < 4.78 is 0. The molecule has 0 heterocycles. The van der Waals surface area contributed by atoms with E-state index in [1.165, 1.54) is 44.6 Å². The molecule has 0 saturated carbocycles. The highest BCUT2D eigenvalue weighted by molar-refractivity contribution is 5.80. The van der Waals surface area contributed by atoms with E-state index in [2.05, 4.69) is 0 Å². The van der Waals surface area contributed by atoms with Crippen LogP contribution in [0, 0.1) is 0 Å². The predicted octanol–water partition coefficient (Wildman–Crippen LogP) is 4.38. The maximum Gasteiger partial charge on any atom is 0.328 e. The van der Waals surface area contributed by atoms with E-state index in [0.29, 0.717) is 6.61 Å². The molecule has 0 saturated heterocycles. The number of carboxylic acids is 1. The third-order valence-corrected chi connectivity index (χ3v) is 3.81. The zero-order valence-electron chi connectivity index (χ0n) is 14.8. The molecule has 0 fully saturated rings. The Kier molecular flexibility index (Phi) is 16.9. The van der Waals surface area contributed by atoms with Gasteiger partial charge in [0.15, 0.2) is 0 Å². The summed E-state index contributed by atoms with van der Waals surface area (Å²) in [6.07, 6.45) is 21.5. The molecule has 1 atom stereocenters. The lowest BCUT2D eigenvalue weighted by Gasteiger charge is -2.05. The third kappa shape index (κ3) is 18.7. The van der Waals surface area contributed by atoms with Gasteiger partial charge in [0.1, 0.15) is 0 Å². The van der Waals surface area contributed by atoms with Crippen LogP contribution in [-0.4, -0.2) is 34.0 Å². The molecule has 0 aromatic heterocycles. The second-order valence-corrected chi connectivity index (χ2v) is 6.08. The molecule has 0 aliphatic carbocycles. The molecule has 138 valence electrons. The number of carbonyl (C=O) groups is 1. The maximum absolute atomic E-state index is 10.2. The molecule has 0 spiro atoms. The smallest absolute Gasteiger partial charge is 0.328 e. The molecule has 4 heteroatoms. The fraction of sp³-hybridized carbons (Fsp3) is 0.650. The maximum atomic E-state index is 10.2. The van der Waals surface area contributed by atoms with Crippen molar-refractivity contribution >= 4 is 5.97 Å². The number of aliphatic hydroxyl groups excluding tert-OH is 2. The lowest BCUT2D eigenvalue weighted by atomic mass is 10.0. The van der Waals surface area contributed by atoms with Crippen molar-refractivity contribution in [1.82, 2.24) is 0 Å². The first-order chi connectivity index (χ1) is 11.7. The van der Waals surface area contributed by atoms with Crippen LogP contribution in [0.4, 0.5) is 0 Å². The first-order valence-electron chi connectivity index (χ1n) is 9.20. The van der Waals surface area contributed by atoms with E-state index < -0.39 is 12.1 Å². The SMILES string of the molecule is O=C(O)C=CC=CC=CC(O)CCCCCCCCCCCCO. The van der Waals surface area contributed by atoms with Crippen molar-refractivity contribution in [1.29, 1.82) is 0 Å². The van der Waals surface area contributed by atoms with E-state index >= 15 is 0 Å². The molecule has 0 aromatic carbocycles. The van der Waals surface area contributed by atoms with E-state index in [1.54, 1.807) is 24.3 Å². The predicted molar refractivity (Wildman–Crippen MR) is 98.9 cm³/mol. The van der Waals surface area contributed by atoms with Gasteiger partial charge in [-0.1, -0.05) is 88.2 Å². The van der Waals surface area contributed by atoms with Crippen LogP contribution >= 0.6 is 0 Å². The summed E-state index contributed by atoms with van der Waals surface area (Å²) in [5, 5.41) is 26.9. The van der Waals surface area contributed by atoms with Crippen LogP contribution in [-0.2, 0) is 4.79 Å². The number of allylic oxidation sites excluding steroid dienone is 4. The first kappa shape index (κ1) is 22.6. The minimum Gasteiger partial charge on any atom is -0.478 e. The molecule has 0 radical (unpaired) electrons. The second-order valence-electron chi connectivity index (χ2n) is 6.08. The minimum atomic E-state index is -0.967. The Bertz CT molecular complexity index is 372.